The second-order valence-electron chi connectivity index (χ2n) is 5.05. The van der Waals surface area contributed by atoms with Gasteiger partial charge in [0.1, 0.15) is 11.5 Å². The summed E-state index contributed by atoms with van der Waals surface area (Å²) in [6, 6.07) is 3.49. The maximum Gasteiger partial charge on any atom is 0.303 e. The van der Waals surface area contributed by atoms with E-state index in [2.05, 4.69) is 0 Å². The van der Waals surface area contributed by atoms with Crippen LogP contribution in [0.25, 0.3) is 0 Å². The standard InChI is InChI=1S/C14H18O4/c1-10(15)18-13(11-6-5-9-17-11)14(2)8-4-3-7-12(14)16/h5-6,9,13H,3-4,7-8H2,1-2H3/t13?,14-/m1/s1. The Morgan fingerprint density at radius 3 is 2.83 bits per heavy atom. The first-order valence-electron chi connectivity index (χ1n) is 6.28. The summed E-state index contributed by atoms with van der Waals surface area (Å²) in [5.41, 5.74) is -0.665. The average molecular weight is 250 g/mol. The van der Waals surface area contributed by atoms with Crippen molar-refractivity contribution in [1.29, 1.82) is 0 Å². The molecular weight excluding hydrogens is 232 g/mol. The number of esters is 1. The number of ketones is 1. The van der Waals surface area contributed by atoms with E-state index in [0.717, 1.165) is 19.3 Å². The topological polar surface area (TPSA) is 56.5 Å². The van der Waals surface area contributed by atoms with Gasteiger partial charge in [-0.3, -0.25) is 9.59 Å². The second kappa shape index (κ2) is 4.96. The first-order valence-corrected chi connectivity index (χ1v) is 6.28. The van der Waals surface area contributed by atoms with Crippen LogP contribution in [0.3, 0.4) is 0 Å². The third-order valence-electron chi connectivity index (χ3n) is 3.65. The molecule has 0 aliphatic heterocycles. The molecule has 18 heavy (non-hydrogen) atoms. The van der Waals surface area contributed by atoms with Gasteiger partial charge in [0, 0.05) is 13.3 Å². The summed E-state index contributed by atoms with van der Waals surface area (Å²) in [6.45, 7) is 3.22. The molecule has 1 aromatic rings. The lowest BCUT2D eigenvalue weighted by Crippen LogP contribution is -2.38. The third-order valence-corrected chi connectivity index (χ3v) is 3.65. The second-order valence-corrected chi connectivity index (χ2v) is 5.05. The van der Waals surface area contributed by atoms with Crippen molar-refractivity contribution >= 4 is 11.8 Å². The van der Waals surface area contributed by atoms with E-state index in [9.17, 15) is 9.59 Å². The summed E-state index contributed by atoms with van der Waals surface area (Å²) in [5, 5.41) is 0. The van der Waals surface area contributed by atoms with E-state index in [0.29, 0.717) is 12.2 Å². The minimum absolute atomic E-state index is 0.149. The van der Waals surface area contributed by atoms with Gasteiger partial charge in [-0.05, 0) is 31.9 Å². The highest BCUT2D eigenvalue weighted by Crippen LogP contribution is 2.45. The number of Topliss-reactive ketones (excluding diaryl/α,β-unsaturated/α-hetero) is 1. The molecule has 1 aliphatic carbocycles. The molecule has 1 aliphatic rings. The highest BCUT2D eigenvalue weighted by molar-refractivity contribution is 5.86. The Morgan fingerprint density at radius 1 is 1.50 bits per heavy atom. The van der Waals surface area contributed by atoms with Crippen molar-refractivity contribution in [2.75, 3.05) is 0 Å². The van der Waals surface area contributed by atoms with Crippen molar-refractivity contribution in [3.8, 4) is 0 Å². The molecule has 0 amide bonds. The summed E-state index contributed by atoms with van der Waals surface area (Å²) in [4.78, 5) is 23.5. The largest absolute Gasteiger partial charge is 0.465 e. The zero-order valence-electron chi connectivity index (χ0n) is 10.8. The number of furan rings is 1. The molecule has 1 aromatic heterocycles. The first-order chi connectivity index (χ1) is 8.54. The van der Waals surface area contributed by atoms with Crippen molar-refractivity contribution in [3.05, 3.63) is 24.2 Å². The Hall–Kier alpha value is -1.58. The van der Waals surface area contributed by atoms with E-state index >= 15 is 0 Å². The molecule has 4 nitrogen and oxygen atoms in total. The van der Waals surface area contributed by atoms with E-state index in [4.69, 9.17) is 9.15 Å². The van der Waals surface area contributed by atoms with Gasteiger partial charge in [0.2, 0.25) is 0 Å². The van der Waals surface area contributed by atoms with Gasteiger partial charge in [0.25, 0.3) is 0 Å². The van der Waals surface area contributed by atoms with Crippen molar-refractivity contribution in [3.63, 3.8) is 0 Å². The Bertz CT molecular complexity index is 435. The molecule has 0 N–H and O–H groups in total. The molecule has 1 unspecified atom stereocenters. The Labute approximate surface area is 106 Å². The maximum absolute atomic E-state index is 12.2. The van der Waals surface area contributed by atoms with Crippen LogP contribution >= 0.6 is 0 Å². The molecule has 1 saturated carbocycles. The van der Waals surface area contributed by atoms with E-state index in [-0.39, 0.29) is 5.78 Å². The third kappa shape index (κ3) is 2.33. The van der Waals surface area contributed by atoms with Crippen LogP contribution in [0.5, 0.6) is 0 Å². The maximum atomic E-state index is 12.2. The van der Waals surface area contributed by atoms with Crippen LogP contribution in [0.2, 0.25) is 0 Å². The number of hydrogen-bond acceptors (Lipinski definition) is 4. The summed E-state index contributed by atoms with van der Waals surface area (Å²) in [5.74, 6) is 0.301. The van der Waals surface area contributed by atoms with Gasteiger partial charge in [0.15, 0.2) is 6.10 Å². The van der Waals surface area contributed by atoms with Crippen LogP contribution in [0.4, 0.5) is 0 Å². The van der Waals surface area contributed by atoms with Crippen molar-refractivity contribution in [1.82, 2.24) is 0 Å². The van der Waals surface area contributed by atoms with Crippen LogP contribution in [0.15, 0.2) is 22.8 Å². The number of carbonyl (C=O) groups is 2. The zero-order valence-corrected chi connectivity index (χ0v) is 10.8. The van der Waals surface area contributed by atoms with Gasteiger partial charge in [-0.2, -0.15) is 0 Å². The smallest absolute Gasteiger partial charge is 0.303 e. The summed E-state index contributed by atoms with van der Waals surface area (Å²) < 4.78 is 10.7. The molecule has 4 heteroatoms. The fourth-order valence-electron chi connectivity index (χ4n) is 2.59. The van der Waals surface area contributed by atoms with Crippen LogP contribution in [0, 0.1) is 5.41 Å². The Morgan fingerprint density at radius 2 is 2.28 bits per heavy atom. The predicted molar refractivity (Wildman–Crippen MR) is 64.8 cm³/mol. The quantitative estimate of drug-likeness (QED) is 0.774. The highest BCUT2D eigenvalue weighted by atomic mass is 16.6. The predicted octanol–water partition coefficient (Wildman–Crippen LogP) is 3.03. The highest BCUT2D eigenvalue weighted by Gasteiger charge is 2.46. The molecule has 0 aromatic carbocycles. The molecule has 2 rings (SSSR count). The fourth-order valence-corrected chi connectivity index (χ4v) is 2.59. The van der Waals surface area contributed by atoms with E-state index in [1.165, 1.54) is 13.2 Å². The first kappa shape index (κ1) is 12.9. The average Bonchev–Trinajstić information content (AvgIpc) is 2.83. The van der Waals surface area contributed by atoms with Gasteiger partial charge in [-0.15, -0.1) is 0 Å². The molecule has 0 spiro atoms. The normalized spacial score (nSPS) is 25.8. The lowest BCUT2D eigenvalue weighted by molar-refractivity contribution is -0.161. The Kier molecular flexibility index (Phi) is 3.55. The lowest BCUT2D eigenvalue weighted by Gasteiger charge is -2.37. The van der Waals surface area contributed by atoms with Crippen LogP contribution in [-0.4, -0.2) is 11.8 Å². The van der Waals surface area contributed by atoms with Crippen molar-refractivity contribution in [2.24, 2.45) is 5.41 Å². The van der Waals surface area contributed by atoms with Crippen LogP contribution < -0.4 is 0 Å². The molecule has 1 fully saturated rings. The van der Waals surface area contributed by atoms with Gasteiger partial charge in [0.05, 0.1) is 11.7 Å². The summed E-state index contributed by atoms with van der Waals surface area (Å²) in [6.07, 6.45) is 4.08. The van der Waals surface area contributed by atoms with Crippen LogP contribution in [0.1, 0.15) is 51.4 Å². The summed E-state index contributed by atoms with van der Waals surface area (Å²) in [7, 11) is 0. The molecule has 0 bridgehead atoms. The van der Waals surface area contributed by atoms with Gasteiger partial charge < -0.3 is 9.15 Å². The zero-order chi connectivity index (χ0) is 13.2. The van der Waals surface area contributed by atoms with Gasteiger partial charge in [-0.1, -0.05) is 6.42 Å². The van der Waals surface area contributed by atoms with Crippen molar-refractivity contribution < 1.29 is 18.7 Å². The van der Waals surface area contributed by atoms with Gasteiger partial charge >= 0.3 is 5.97 Å². The lowest BCUT2D eigenvalue weighted by atomic mass is 9.70. The molecule has 0 radical (unpaired) electrons. The minimum atomic E-state index is -0.665. The monoisotopic (exact) mass is 250 g/mol. The number of rotatable bonds is 3. The van der Waals surface area contributed by atoms with Crippen molar-refractivity contribution in [2.45, 2.75) is 45.6 Å². The SMILES string of the molecule is CC(=O)OC(c1ccco1)[C@]1(C)CCCCC1=O. The molecule has 2 atom stereocenters. The molecule has 1 heterocycles. The van der Waals surface area contributed by atoms with Gasteiger partial charge in [-0.25, -0.2) is 0 Å². The Balaban J connectivity index is 2.33. The summed E-state index contributed by atoms with van der Waals surface area (Å²) >= 11 is 0. The van der Waals surface area contributed by atoms with E-state index < -0.39 is 17.5 Å². The number of carbonyl (C=O) groups excluding carboxylic acids is 2. The number of ether oxygens (including phenoxy) is 1. The number of hydrogen-bond donors (Lipinski definition) is 0. The molecular formula is C14H18O4. The minimum Gasteiger partial charge on any atom is -0.465 e. The molecule has 0 saturated heterocycles. The van der Waals surface area contributed by atoms with E-state index in [1.807, 2.05) is 6.92 Å². The molecule has 98 valence electrons. The fraction of sp³-hybridized carbons (Fsp3) is 0.571. The van der Waals surface area contributed by atoms with E-state index in [1.54, 1.807) is 12.1 Å². The van der Waals surface area contributed by atoms with Crippen LogP contribution in [-0.2, 0) is 14.3 Å².